The summed E-state index contributed by atoms with van der Waals surface area (Å²) in [6.45, 7) is 2.01. The van der Waals surface area contributed by atoms with Gasteiger partial charge in [-0.25, -0.2) is 0 Å². The summed E-state index contributed by atoms with van der Waals surface area (Å²) in [6, 6.07) is 17.0. The molecule has 21 heavy (non-hydrogen) atoms. The fourth-order valence-corrected chi connectivity index (χ4v) is 2.34. The molecule has 2 rings (SSSR count). The highest BCUT2D eigenvalue weighted by Crippen LogP contribution is 2.21. The summed E-state index contributed by atoms with van der Waals surface area (Å²) >= 11 is 4.91. The van der Waals surface area contributed by atoms with Crippen molar-refractivity contribution in [3.8, 4) is 0 Å². The molecule has 0 spiro atoms. The smallest absolute Gasteiger partial charge is 0.231 e. The van der Waals surface area contributed by atoms with Gasteiger partial charge in [0.25, 0.3) is 0 Å². The molecule has 108 valence electrons. The number of nitrogens with two attached hydrogens (primary N) is 1. The lowest BCUT2D eigenvalue weighted by molar-refractivity contribution is -0.117. The molecule has 0 aromatic heterocycles. The average molecular weight is 298 g/mol. The molecule has 0 aliphatic carbocycles. The van der Waals surface area contributed by atoms with Crippen molar-refractivity contribution < 1.29 is 4.79 Å². The van der Waals surface area contributed by atoms with Crippen molar-refractivity contribution in [3.63, 3.8) is 0 Å². The first-order chi connectivity index (χ1) is 10.1. The molecule has 0 radical (unpaired) electrons. The number of thiocarbonyl (C=S) groups is 1. The summed E-state index contributed by atoms with van der Waals surface area (Å²) in [5.74, 6) is -0.159. The van der Waals surface area contributed by atoms with Crippen LogP contribution in [-0.2, 0) is 4.79 Å². The Morgan fingerprint density at radius 1 is 1.14 bits per heavy atom. The standard InChI is InChI=1S/C17H18N2OS/c1-2-15(12-6-4-3-5-7-12)17(20)19-14-10-8-13(9-11-14)16(18)21/h3-11,15H,2H2,1H3,(H2,18,21)(H,19,20). The van der Waals surface area contributed by atoms with Gasteiger partial charge in [0.1, 0.15) is 4.99 Å². The molecule has 0 heterocycles. The van der Waals surface area contributed by atoms with Gasteiger partial charge in [0, 0.05) is 11.3 Å². The Bertz CT molecular complexity index is 623. The molecule has 0 aliphatic rings. The lowest BCUT2D eigenvalue weighted by Crippen LogP contribution is -2.20. The molecule has 1 unspecified atom stereocenters. The second-order valence-corrected chi connectivity index (χ2v) is 5.24. The predicted octanol–water partition coefficient (Wildman–Crippen LogP) is 3.45. The number of carbonyl (C=O) groups is 1. The van der Waals surface area contributed by atoms with E-state index in [0.29, 0.717) is 4.99 Å². The highest BCUT2D eigenvalue weighted by Gasteiger charge is 2.18. The van der Waals surface area contributed by atoms with E-state index in [4.69, 9.17) is 18.0 Å². The van der Waals surface area contributed by atoms with Crippen molar-refractivity contribution in [2.75, 3.05) is 5.32 Å². The van der Waals surface area contributed by atoms with Crippen molar-refractivity contribution in [2.24, 2.45) is 5.73 Å². The lowest BCUT2D eigenvalue weighted by Gasteiger charge is -2.15. The van der Waals surface area contributed by atoms with E-state index in [9.17, 15) is 4.79 Å². The molecule has 3 N–H and O–H groups in total. The molecular weight excluding hydrogens is 280 g/mol. The molecule has 1 amide bonds. The van der Waals surface area contributed by atoms with Gasteiger partial charge in [-0.05, 0) is 36.2 Å². The molecule has 0 fully saturated rings. The maximum atomic E-state index is 12.4. The number of carbonyl (C=O) groups excluding carboxylic acids is 1. The molecular formula is C17H18N2OS. The Morgan fingerprint density at radius 2 is 1.76 bits per heavy atom. The van der Waals surface area contributed by atoms with Gasteiger partial charge in [-0.1, -0.05) is 49.5 Å². The Labute approximate surface area is 130 Å². The van der Waals surface area contributed by atoms with Crippen molar-refractivity contribution in [1.29, 1.82) is 0 Å². The largest absolute Gasteiger partial charge is 0.389 e. The molecule has 1 atom stereocenters. The van der Waals surface area contributed by atoms with Gasteiger partial charge >= 0.3 is 0 Å². The Balaban J connectivity index is 2.11. The predicted molar refractivity (Wildman–Crippen MR) is 90.4 cm³/mol. The summed E-state index contributed by atoms with van der Waals surface area (Å²) in [5.41, 5.74) is 8.11. The van der Waals surface area contributed by atoms with Crippen molar-refractivity contribution in [1.82, 2.24) is 0 Å². The maximum absolute atomic E-state index is 12.4. The van der Waals surface area contributed by atoms with E-state index in [1.54, 1.807) is 12.1 Å². The Kier molecular flexibility index (Phi) is 5.06. The van der Waals surface area contributed by atoms with Crippen LogP contribution in [0.15, 0.2) is 54.6 Å². The molecule has 3 nitrogen and oxygen atoms in total. The van der Waals surface area contributed by atoms with Crippen molar-refractivity contribution in [3.05, 3.63) is 65.7 Å². The van der Waals surface area contributed by atoms with Crippen LogP contribution in [0.3, 0.4) is 0 Å². The zero-order valence-corrected chi connectivity index (χ0v) is 12.7. The molecule has 0 bridgehead atoms. The van der Waals surface area contributed by atoms with Crippen LogP contribution >= 0.6 is 12.2 Å². The van der Waals surface area contributed by atoms with Gasteiger partial charge in [-0.15, -0.1) is 0 Å². The highest BCUT2D eigenvalue weighted by atomic mass is 32.1. The van der Waals surface area contributed by atoms with Gasteiger partial charge < -0.3 is 11.1 Å². The number of amides is 1. The van der Waals surface area contributed by atoms with Crippen LogP contribution in [0.25, 0.3) is 0 Å². The van der Waals surface area contributed by atoms with Gasteiger partial charge in [0.2, 0.25) is 5.91 Å². The second kappa shape index (κ2) is 6.99. The van der Waals surface area contributed by atoms with Gasteiger partial charge in [0.15, 0.2) is 0 Å². The normalized spacial score (nSPS) is 11.7. The van der Waals surface area contributed by atoms with Gasteiger partial charge in [0.05, 0.1) is 5.92 Å². The quantitative estimate of drug-likeness (QED) is 0.831. The van der Waals surface area contributed by atoms with E-state index in [-0.39, 0.29) is 11.8 Å². The number of benzene rings is 2. The van der Waals surface area contributed by atoms with Crippen LogP contribution in [0.2, 0.25) is 0 Å². The zero-order valence-electron chi connectivity index (χ0n) is 11.9. The van der Waals surface area contributed by atoms with E-state index < -0.39 is 0 Å². The Morgan fingerprint density at radius 3 is 2.29 bits per heavy atom. The van der Waals surface area contributed by atoms with E-state index in [2.05, 4.69) is 5.32 Å². The molecule has 0 saturated heterocycles. The van der Waals surface area contributed by atoms with Crippen LogP contribution in [0.1, 0.15) is 30.4 Å². The fraction of sp³-hybridized carbons (Fsp3) is 0.176. The number of anilines is 1. The summed E-state index contributed by atoms with van der Waals surface area (Å²) in [6.07, 6.45) is 0.751. The first-order valence-corrected chi connectivity index (χ1v) is 7.28. The van der Waals surface area contributed by atoms with Crippen LogP contribution < -0.4 is 11.1 Å². The maximum Gasteiger partial charge on any atom is 0.231 e. The number of hydrogen-bond acceptors (Lipinski definition) is 2. The number of rotatable bonds is 5. The third kappa shape index (κ3) is 3.89. The Hall–Kier alpha value is -2.20. The van der Waals surface area contributed by atoms with Gasteiger partial charge in [-0.3, -0.25) is 4.79 Å². The minimum absolute atomic E-state index is 0.00762. The third-order valence-electron chi connectivity index (χ3n) is 3.36. The summed E-state index contributed by atoms with van der Waals surface area (Å²) < 4.78 is 0. The third-order valence-corrected chi connectivity index (χ3v) is 3.60. The molecule has 4 heteroatoms. The molecule has 0 saturated carbocycles. The summed E-state index contributed by atoms with van der Waals surface area (Å²) in [4.78, 5) is 12.8. The van der Waals surface area contributed by atoms with E-state index in [1.165, 1.54) is 0 Å². The average Bonchev–Trinajstić information content (AvgIpc) is 2.49. The van der Waals surface area contributed by atoms with Crippen LogP contribution in [-0.4, -0.2) is 10.9 Å². The van der Waals surface area contributed by atoms with Crippen LogP contribution in [0.4, 0.5) is 5.69 Å². The van der Waals surface area contributed by atoms with E-state index in [0.717, 1.165) is 23.2 Å². The molecule has 2 aromatic carbocycles. The highest BCUT2D eigenvalue weighted by molar-refractivity contribution is 7.80. The molecule has 0 aliphatic heterocycles. The SMILES string of the molecule is CCC(C(=O)Nc1ccc(C(N)=S)cc1)c1ccccc1. The van der Waals surface area contributed by atoms with Crippen molar-refractivity contribution in [2.45, 2.75) is 19.3 Å². The number of hydrogen-bond donors (Lipinski definition) is 2. The van der Waals surface area contributed by atoms with E-state index in [1.807, 2.05) is 49.4 Å². The molecule has 2 aromatic rings. The first kappa shape index (κ1) is 15.2. The lowest BCUT2D eigenvalue weighted by atomic mass is 9.95. The fourth-order valence-electron chi connectivity index (χ4n) is 2.21. The monoisotopic (exact) mass is 298 g/mol. The topological polar surface area (TPSA) is 55.1 Å². The van der Waals surface area contributed by atoms with Gasteiger partial charge in [-0.2, -0.15) is 0 Å². The minimum Gasteiger partial charge on any atom is -0.389 e. The van der Waals surface area contributed by atoms with Crippen LogP contribution in [0.5, 0.6) is 0 Å². The second-order valence-electron chi connectivity index (χ2n) is 4.80. The summed E-state index contributed by atoms with van der Waals surface area (Å²) in [5, 5.41) is 2.93. The van der Waals surface area contributed by atoms with E-state index >= 15 is 0 Å². The minimum atomic E-state index is -0.151. The van der Waals surface area contributed by atoms with Crippen molar-refractivity contribution >= 4 is 28.8 Å². The summed E-state index contributed by atoms with van der Waals surface area (Å²) in [7, 11) is 0. The van der Waals surface area contributed by atoms with Crippen LogP contribution in [0, 0.1) is 0 Å². The zero-order chi connectivity index (χ0) is 15.2. The number of nitrogens with one attached hydrogen (secondary N) is 1. The first-order valence-electron chi connectivity index (χ1n) is 6.87.